The molecule has 12 aromatic rings. The Hall–Kier alpha value is -10.2. The molecule has 4 heterocycles. The van der Waals surface area contributed by atoms with Crippen LogP contribution >= 0.6 is 0 Å². The van der Waals surface area contributed by atoms with Crippen LogP contribution in [-0.4, -0.2) is 29.9 Å². The average molecular weight is 1030 g/mol. The molecule has 0 radical (unpaired) electrons. The molecule has 2 aromatic heterocycles. The minimum absolute atomic E-state index is 0.379. The zero-order valence-corrected chi connectivity index (χ0v) is 44.8. The van der Waals surface area contributed by atoms with Crippen LogP contribution in [0.25, 0.3) is 79.5 Å². The second-order valence-corrected chi connectivity index (χ2v) is 21.5. The third-order valence-corrected chi connectivity index (χ3v) is 15.9. The summed E-state index contributed by atoms with van der Waals surface area (Å²) in [4.78, 5) is 35.0. The number of rotatable bonds is 9. The maximum Gasteiger partial charge on any atom is 0.164 e. The lowest BCUT2D eigenvalue weighted by Crippen LogP contribution is -2.33. The first kappa shape index (κ1) is 48.2. The van der Waals surface area contributed by atoms with Crippen molar-refractivity contribution in [3.63, 3.8) is 0 Å². The van der Waals surface area contributed by atoms with Crippen molar-refractivity contribution in [1.82, 2.24) is 29.9 Å². The Morgan fingerprint density at radius 3 is 0.787 bits per heavy atom. The van der Waals surface area contributed by atoms with Crippen LogP contribution in [0.2, 0.25) is 0 Å². The van der Waals surface area contributed by atoms with Crippen LogP contribution in [0.15, 0.2) is 255 Å². The second-order valence-electron chi connectivity index (χ2n) is 21.5. The van der Waals surface area contributed by atoms with Gasteiger partial charge in [0.25, 0.3) is 0 Å². The third kappa shape index (κ3) is 8.23. The van der Waals surface area contributed by atoms with Gasteiger partial charge in [-0.05, 0) is 106 Å². The number of anilines is 6. The maximum absolute atomic E-state index is 5.06. The van der Waals surface area contributed by atoms with Gasteiger partial charge in [0.1, 0.15) is 0 Å². The van der Waals surface area contributed by atoms with Gasteiger partial charge in [0.2, 0.25) is 0 Å². The Morgan fingerprint density at radius 1 is 0.237 bits per heavy atom. The largest absolute Gasteiger partial charge is 0.310 e. The van der Waals surface area contributed by atoms with Crippen molar-refractivity contribution in [1.29, 1.82) is 0 Å². The van der Waals surface area contributed by atoms with Crippen molar-refractivity contribution in [2.75, 3.05) is 9.80 Å². The van der Waals surface area contributed by atoms with E-state index in [4.69, 9.17) is 29.9 Å². The molecule has 0 saturated heterocycles. The van der Waals surface area contributed by atoms with Crippen LogP contribution in [0.1, 0.15) is 49.9 Å². The van der Waals surface area contributed by atoms with Crippen molar-refractivity contribution < 1.29 is 0 Å². The average Bonchev–Trinajstić information content (AvgIpc) is 3.65. The lowest BCUT2D eigenvalue weighted by molar-refractivity contribution is 0.626. The monoisotopic (exact) mass is 1030 g/mol. The van der Waals surface area contributed by atoms with E-state index >= 15 is 0 Å². The molecule has 0 atom stereocenters. The molecule has 8 nitrogen and oxygen atoms in total. The van der Waals surface area contributed by atoms with Gasteiger partial charge in [-0.3, -0.25) is 0 Å². The highest BCUT2D eigenvalue weighted by molar-refractivity contribution is 5.96. The SMILES string of the molecule is CC1(C)c2ccccc2N(c2ccc(-c3nc(-c4ccccc4)nc(-c4ccccc4)n3)cc2)c2cccc(-c3cccc4c3C(C)(C)c3ccccc3N4c3ccc(-c4nc(-c5ccccc5)nc(-c5ccccc5)n4)cc3)c21. The molecule has 0 bridgehead atoms. The van der Waals surface area contributed by atoms with Gasteiger partial charge in [0.15, 0.2) is 34.9 Å². The van der Waals surface area contributed by atoms with E-state index in [1.54, 1.807) is 0 Å². The molecule has 80 heavy (non-hydrogen) atoms. The highest BCUT2D eigenvalue weighted by atomic mass is 15.2. The molecule has 0 amide bonds. The van der Waals surface area contributed by atoms with Gasteiger partial charge < -0.3 is 9.80 Å². The molecule has 0 aliphatic carbocycles. The predicted octanol–water partition coefficient (Wildman–Crippen LogP) is 17.9. The summed E-state index contributed by atoms with van der Waals surface area (Å²) in [6.45, 7) is 9.52. The van der Waals surface area contributed by atoms with E-state index in [-0.39, 0.29) is 10.8 Å². The summed E-state index contributed by atoms with van der Waals surface area (Å²) in [5.41, 5.74) is 18.9. The van der Waals surface area contributed by atoms with Crippen LogP contribution in [0.4, 0.5) is 34.1 Å². The number of hydrogen-bond acceptors (Lipinski definition) is 8. The number of benzene rings is 10. The molecule has 382 valence electrons. The molecule has 14 rings (SSSR count). The number of aromatic nitrogens is 6. The summed E-state index contributed by atoms with van der Waals surface area (Å²) in [6.07, 6.45) is 0. The van der Waals surface area contributed by atoms with Gasteiger partial charge in [0, 0.05) is 55.6 Å². The van der Waals surface area contributed by atoms with Crippen LogP contribution in [0.3, 0.4) is 0 Å². The van der Waals surface area contributed by atoms with E-state index in [9.17, 15) is 0 Å². The molecule has 10 aromatic carbocycles. The summed E-state index contributed by atoms with van der Waals surface area (Å²) in [5, 5.41) is 0. The van der Waals surface area contributed by atoms with E-state index in [1.807, 2.05) is 121 Å². The van der Waals surface area contributed by atoms with Crippen molar-refractivity contribution in [3.8, 4) is 79.5 Å². The number of para-hydroxylation sites is 2. The van der Waals surface area contributed by atoms with E-state index in [0.29, 0.717) is 34.9 Å². The van der Waals surface area contributed by atoms with Gasteiger partial charge in [-0.25, -0.2) is 29.9 Å². The van der Waals surface area contributed by atoms with E-state index in [1.165, 1.54) is 33.4 Å². The predicted molar refractivity (Wildman–Crippen MR) is 325 cm³/mol. The molecule has 8 heteroatoms. The fourth-order valence-electron chi connectivity index (χ4n) is 12.1. The summed E-state index contributed by atoms with van der Waals surface area (Å²) >= 11 is 0. The molecular weight excluding hydrogens is 977 g/mol. The van der Waals surface area contributed by atoms with Crippen molar-refractivity contribution in [2.45, 2.75) is 38.5 Å². The van der Waals surface area contributed by atoms with Crippen molar-refractivity contribution in [2.24, 2.45) is 0 Å². The van der Waals surface area contributed by atoms with Crippen LogP contribution in [-0.2, 0) is 10.8 Å². The molecule has 0 unspecified atom stereocenters. The van der Waals surface area contributed by atoms with Gasteiger partial charge in [-0.1, -0.05) is 210 Å². The standard InChI is InChI=1S/C72H54N8/c1-71(2)57-33-17-19-35-59(57)79(53-43-39-51(40-44-53)69-75-65(47-23-9-5-10-24-47)73-66(76-69)48-25-11-6-12-26-48)61-37-21-31-55(63(61)71)56-32-22-38-62-64(56)72(3,4)58-34-18-20-36-60(58)80(62)54-45-41-52(42-46-54)70-77-67(49-27-13-7-14-28-49)74-68(78-70)50-29-15-8-16-30-50/h5-46H,1-4H3. The minimum Gasteiger partial charge on any atom is -0.310 e. The molecule has 0 fully saturated rings. The summed E-state index contributed by atoms with van der Waals surface area (Å²) in [7, 11) is 0. The third-order valence-electron chi connectivity index (χ3n) is 15.9. The first-order chi connectivity index (χ1) is 39.2. The molecule has 2 aliphatic heterocycles. The zero-order chi connectivity index (χ0) is 54.0. The highest BCUT2D eigenvalue weighted by Crippen LogP contribution is 2.59. The Balaban J connectivity index is 0.880. The van der Waals surface area contributed by atoms with E-state index < -0.39 is 0 Å². The van der Waals surface area contributed by atoms with Gasteiger partial charge in [0.05, 0.1) is 22.7 Å². The molecule has 2 aliphatic rings. The highest BCUT2D eigenvalue weighted by Gasteiger charge is 2.43. The topological polar surface area (TPSA) is 83.8 Å². The molecular formula is C72H54N8. The van der Waals surface area contributed by atoms with Crippen LogP contribution in [0, 0.1) is 0 Å². The maximum atomic E-state index is 5.06. The van der Waals surface area contributed by atoms with E-state index in [2.05, 4.69) is 171 Å². The number of nitrogens with zero attached hydrogens (tertiary/aromatic N) is 8. The normalized spacial score (nSPS) is 13.7. The molecule has 0 N–H and O–H groups in total. The minimum atomic E-state index is -0.379. The first-order valence-corrected chi connectivity index (χ1v) is 27.2. The van der Waals surface area contributed by atoms with Gasteiger partial charge in [-0.15, -0.1) is 0 Å². The van der Waals surface area contributed by atoms with Gasteiger partial charge in [-0.2, -0.15) is 0 Å². The van der Waals surface area contributed by atoms with E-state index in [0.717, 1.165) is 67.5 Å². The van der Waals surface area contributed by atoms with Crippen molar-refractivity contribution in [3.05, 3.63) is 277 Å². The second kappa shape index (κ2) is 19.4. The van der Waals surface area contributed by atoms with Crippen molar-refractivity contribution >= 4 is 34.1 Å². The molecule has 0 saturated carbocycles. The Bertz CT molecular complexity index is 3880. The Kier molecular flexibility index (Phi) is 11.7. The number of fused-ring (bicyclic) bond motifs is 4. The first-order valence-electron chi connectivity index (χ1n) is 27.2. The quantitative estimate of drug-likeness (QED) is 0.141. The van der Waals surface area contributed by atoms with Crippen LogP contribution < -0.4 is 9.80 Å². The zero-order valence-electron chi connectivity index (χ0n) is 44.8. The lowest BCUT2D eigenvalue weighted by Gasteiger charge is -2.45. The summed E-state index contributed by atoms with van der Waals surface area (Å²) in [5.74, 6) is 3.77. The van der Waals surface area contributed by atoms with Crippen LogP contribution in [0.5, 0.6) is 0 Å². The van der Waals surface area contributed by atoms with Gasteiger partial charge >= 0.3 is 0 Å². The fourth-order valence-corrected chi connectivity index (χ4v) is 12.1. The lowest BCUT2D eigenvalue weighted by atomic mass is 9.67. The molecule has 0 spiro atoms. The fraction of sp³-hybridized carbons (Fsp3) is 0.0833. The summed E-state index contributed by atoms with van der Waals surface area (Å²) < 4.78 is 0. The Morgan fingerprint density at radius 2 is 0.487 bits per heavy atom. The smallest absolute Gasteiger partial charge is 0.164 e. The Labute approximate surface area is 466 Å². The number of hydrogen-bond donors (Lipinski definition) is 0. The summed E-state index contributed by atoms with van der Waals surface area (Å²) in [6, 6.07) is 89.3.